The van der Waals surface area contributed by atoms with Crippen LogP contribution in [0.15, 0.2) is 4.40 Å². The minimum Gasteiger partial charge on any atom is -0.470 e. The van der Waals surface area contributed by atoms with Crippen LogP contribution in [0.5, 0.6) is 5.19 Å². The van der Waals surface area contributed by atoms with Gasteiger partial charge < -0.3 is 14.4 Å². The van der Waals surface area contributed by atoms with Crippen LogP contribution in [0, 0.1) is 5.41 Å². The molecular weight excluding hydrogens is 438 g/mol. The lowest BCUT2D eigenvalue weighted by molar-refractivity contribution is 0.0159. The number of ether oxygens (including phenoxy) is 2. The van der Waals surface area contributed by atoms with Gasteiger partial charge in [-0.2, -0.15) is 4.40 Å². The number of rotatable bonds is 3. The van der Waals surface area contributed by atoms with E-state index in [2.05, 4.69) is 9.38 Å². The molecule has 1 aromatic rings. The second-order valence-electron chi connectivity index (χ2n) is 10.1. The zero-order valence-electron chi connectivity index (χ0n) is 19.4. The number of thiazole rings is 1. The minimum atomic E-state index is -3.74. The summed E-state index contributed by atoms with van der Waals surface area (Å²) in [4.78, 5) is 19.6. The molecule has 1 fully saturated rings. The molecule has 1 aliphatic heterocycles. The van der Waals surface area contributed by atoms with Gasteiger partial charge in [-0.15, -0.1) is 0 Å². The molecule has 1 saturated heterocycles. The largest absolute Gasteiger partial charge is 0.470 e. The highest BCUT2D eigenvalue weighted by Crippen LogP contribution is 2.48. The van der Waals surface area contributed by atoms with Crippen molar-refractivity contribution >= 4 is 33.2 Å². The molecule has 0 aromatic carbocycles. The van der Waals surface area contributed by atoms with Crippen molar-refractivity contribution in [3.05, 3.63) is 10.6 Å². The third kappa shape index (κ3) is 4.89. The van der Waals surface area contributed by atoms with Crippen molar-refractivity contribution in [2.75, 3.05) is 19.7 Å². The fourth-order valence-electron chi connectivity index (χ4n) is 3.72. The van der Waals surface area contributed by atoms with Crippen molar-refractivity contribution in [3.8, 4) is 5.19 Å². The summed E-state index contributed by atoms with van der Waals surface area (Å²) >= 11 is 1.35. The van der Waals surface area contributed by atoms with Gasteiger partial charge in [0, 0.05) is 24.9 Å². The van der Waals surface area contributed by atoms with E-state index in [4.69, 9.17) is 9.47 Å². The summed E-state index contributed by atoms with van der Waals surface area (Å²) in [7, 11) is -3.74. The smallest absolute Gasteiger partial charge is 0.410 e. The Morgan fingerprint density at radius 1 is 1.19 bits per heavy atom. The van der Waals surface area contributed by atoms with E-state index in [1.165, 1.54) is 11.3 Å². The van der Waals surface area contributed by atoms with Crippen LogP contribution in [0.25, 0.3) is 0 Å². The number of aromatic nitrogens is 1. The van der Waals surface area contributed by atoms with Gasteiger partial charge in [0.05, 0.1) is 27.6 Å². The molecule has 0 saturated carbocycles. The summed E-state index contributed by atoms with van der Waals surface area (Å²) in [6.45, 7) is 13.8. The van der Waals surface area contributed by atoms with E-state index in [0.29, 0.717) is 49.9 Å². The Hall–Kier alpha value is -1.68. The predicted molar refractivity (Wildman–Crippen MR) is 122 cm³/mol. The molecule has 1 amide bonds. The minimum absolute atomic E-state index is 0.340. The quantitative estimate of drug-likeness (QED) is 0.660. The molecule has 1 aromatic heterocycles. The molecule has 1 spiro atoms. The molecule has 0 N–H and O–H groups in total. The number of hydrogen-bond donors (Lipinski definition) is 0. The van der Waals surface area contributed by atoms with Crippen LogP contribution in [0.1, 0.15) is 71.9 Å². The van der Waals surface area contributed by atoms with Crippen molar-refractivity contribution in [1.29, 1.82) is 0 Å². The van der Waals surface area contributed by atoms with Crippen molar-refractivity contribution in [1.82, 2.24) is 9.88 Å². The molecule has 0 bridgehead atoms. The molecular formula is C21H33N3O5S2. The van der Waals surface area contributed by atoms with E-state index < -0.39 is 25.8 Å². The van der Waals surface area contributed by atoms with E-state index >= 15 is 0 Å². The Kier molecular flexibility index (Phi) is 6.21. The van der Waals surface area contributed by atoms with Crippen LogP contribution in [-0.4, -0.2) is 60.2 Å². The zero-order chi connectivity index (χ0) is 23.2. The maximum atomic E-state index is 13.0. The number of amides is 1. The number of carbonyl (C=O) groups is 1. The van der Waals surface area contributed by atoms with E-state index in [1.807, 2.05) is 27.7 Å². The summed E-state index contributed by atoms with van der Waals surface area (Å²) in [5.41, 5.74) is 0.402. The van der Waals surface area contributed by atoms with Crippen LogP contribution < -0.4 is 4.74 Å². The van der Waals surface area contributed by atoms with Crippen molar-refractivity contribution in [2.24, 2.45) is 9.81 Å². The summed E-state index contributed by atoms with van der Waals surface area (Å²) in [6, 6.07) is 0. The highest BCUT2D eigenvalue weighted by Gasteiger charge is 2.50. The standard InChI is InChI=1S/C21H33N3O5S2/c1-8-28-17-22-14-13-21(9-11-24(12-10-21)18(25)29-19(2,3)4)16(15(14)30-17)23-31(26,27)20(5,6)7/h8-13H2,1-7H3. The van der Waals surface area contributed by atoms with Crippen molar-refractivity contribution in [3.63, 3.8) is 0 Å². The molecule has 31 heavy (non-hydrogen) atoms. The number of likely N-dealkylation sites (tertiary alicyclic amines) is 1. The Morgan fingerprint density at radius 2 is 1.81 bits per heavy atom. The average Bonchev–Trinajstić information content (AvgIpc) is 3.10. The maximum Gasteiger partial charge on any atom is 0.410 e. The number of piperidine rings is 1. The normalized spacial score (nSPS) is 20.2. The monoisotopic (exact) mass is 471 g/mol. The molecule has 0 radical (unpaired) electrons. The first kappa shape index (κ1) is 24.0. The van der Waals surface area contributed by atoms with Gasteiger partial charge in [0.15, 0.2) is 0 Å². The Bertz CT molecular complexity index is 976. The van der Waals surface area contributed by atoms with E-state index in [-0.39, 0.29) is 6.09 Å². The molecule has 10 heteroatoms. The lowest BCUT2D eigenvalue weighted by Crippen LogP contribution is -2.47. The predicted octanol–water partition coefficient (Wildman–Crippen LogP) is 4.03. The SMILES string of the molecule is CCOc1nc2c(s1)C(=NS(=O)(=O)C(C)(C)C)C1(CCN(C(=O)OC(C)(C)C)CC1)C2. The van der Waals surface area contributed by atoms with Gasteiger partial charge in [-0.1, -0.05) is 11.3 Å². The molecule has 2 heterocycles. The molecule has 8 nitrogen and oxygen atoms in total. The van der Waals surface area contributed by atoms with Gasteiger partial charge in [-0.25, -0.2) is 18.2 Å². The number of nitrogens with zero attached hydrogens (tertiary/aromatic N) is 3. The van der Waals surface area contributed by atoms with Crippen LogP contribution in [-0.2, 0) is 21.2 Å². The third-order valence-corrected chi connectivity index (χ3v) is 8.51. The number of carbonyl (C=O) groups excluding carboxylic acids is 1. The third-order valence-electron chi connectivity index (χ3n) is 5.53. The average molecular weight is 472 g/mol. The van der Waals surface area contributed by atoms with Crippen LogP contribution in [0.2, 0.25) is 0 Å². The fourth-order valence-corrected chi connectivity index (χ4v) is 5.68. The Morgan fingerprint density at radius 3 is 2.32 bits per heavy atom. The van der Waals surface area contributed by atoms with Gasteiger partial charge in [-0.3, -0.25) is 0 Å². The van der Waals surface area contributed by atoms with Crippen LogP contribution >= 0.6 is 11.3 Å². The first-order valence-electron chi connectivity index (χ1n) is 10.6. The fraction of sp³-hybridized carbons (Fsp3) is 0.762. The van der Waals surface area contributed by atoms with E-state index in [9.17, 15) is 13.2 Å². The molecule has 2 aliphatic rings. The summed E-state index contributed by atoms with van der Waals surface area (Å²) in [6.07, 6.45) is 1.48. The van der Waals surface area contributed by atoms with Gasteiger partial charge in [0.25, 0.3) is 15.2 Å². The number of hydrogen-bond acceptors (Lipinski definition) is 7. The summed E-state index contributed by atoms with van der Waals surface area (Å²) in [5, 5.41) is 0.536. The summed E-state index contributed by atoms with van der Waals surface area (Å²) in [5.74, 6) is 0. The number of fused-ring (bicyclic) bond motifs is 1. The Balaban J connectivity index is 1.93. The van der Waals surface area contributed by atoms with Gasteiger partial charge >= 0.3 is 6.09 Å². The van der Waals surface area contributed by atoms with Gasteiger partial charge in [-0.05, 0) is 61.3 Å². The van der Waals surface area contributed by atoms with Crippen molar-refractivity contribution < 1.29 is 22.7 Å². The number of sulfonamides is 1. The zero-order valence-corrected chi connectivity index (χ0v) is 21.1. The highest BCUT2D eigenvalue weighted by molar-refractivity contribution is 7.91. The van der Waals surface area contributed by atoms with Crippen LogP contribution in [0.4, 0.5) is 4.79 Å². The molecule has 1 aliphatic carbocycles. The van der Waals surface area contributed by atoms with Gasteiger partial charge in [0.2, 0.25) is 0 Å². The first-order chi connectivity index (χ1) is 14.2. The topological polar surface area (TPSA) is 98.2 Å². The molecule has 174 valence electrons. The second kappa shape index (κ2) is 8.03. The second-order valence-corrected chi connectivity index (χ2v) is 13.5. The molecule has 0 atom stereocenters. The molecule has 3 rings (SSSR count). The van der Waals surface area contributed by atoms with Gasteiger partial charge in [0.1, 0.15) is 5.60 Å². The lowest BCUT2D eigenvalue weighted by Gasteiger charge is -2.40. The summed E-state index contributed by atoms with van der Waals surface area (Å²) < 4.78 is 40.4. The lowest BCUT2D eigenvalue weighted by atomic mass is 9.75. The molecule has 0 unspecified atom stereocenters. The Labute approximate surface area is 189 Å². The van der Waals surface area contributed by atoms with E-state index in [1.54, 1.807) is 25.7 Å². The van der Waals surface area contributed by atoms with Crippen LogP contribution in [0.3, 0.4) is 0 Å². The highest BCUT2D eigenvalue weighted by atomic mass is 32.2. The first-order valence-corrected chi connectivity index (χ1v) is 12.9. The van der Waals surface area contributed by atoms with E-state index in [0.717, 1.165) is 10.6 Å². The maximum absolute atomic E-state index is 13.0. The van der Waals surface area contributed by atoms with Crippen molar-refractivity contribution in [2.45, 2.75) is 78.1 Å².